The molecule has 2 unspecified atom stereocenters. The largest absolute Gasteiger partial charge is 0.432 e. The first kappa shape index (κ1) is 58.1. The third kappa shape index (κ3) is 9.50. The van der Waals surface area contributed by atoms with E-state index in [1.165, 1.54) is 6.92 Å². The highest BCUT2D eigenvalue weighted by Gasteiger charge is 2.70. The molecule has 0 spiro atoms. The van der Waals surface area contributed by atoms with Crippen molar-refractivity contribution in [2.24, 2.45) is 50.2 Å². The highest BCUT2D eigenvalue weighted by molar-refractivity contribution is 5.79. The van der Waals surface area contributed by atoms with Gasteiger partial charge in [0.05, 0.1) is 37.4 Å². The smallest absolute Gasteiger partial charge is 0.315 e. The zero-order valence-corrected chi connectivity index (χ0v) is 44.2. The van der Waals surface area contributed by atoms with Gasteiger partial charge in [-0.1, -0.05) is 53.2 Å². The predicted octanol–water partition coefficient (Wildman–Crippen LogP) is -1.40. The van der Waals surface area contributed by atoms with Crippen LogP contribution in [0.25, 0.3) is 0 Å². The zero-order valence-electron chi connectivity index (χ0n) is 44.2. The lowest BCUT2D eigenvalue weighted by molar-refractivity contribution is -0.364. The Bertz CT molecular complexity index is 2060. The summed E-state index contributed by atoms with van der Waals surface area (Å²) >= 11 is 0. The molecule has 0 bridgehead atoms. The number of allylic oxidation sites excluding steroid dienone is 2. The summed E-state index contributed by atoms with van der Waals surface area (Å²) in [4.78, 5) is 15.1. The molecule has 9 aliphatic rings. The van der Waals surface area contributed by atoms with Crippen LogP contribution in [0.4, 0.5) is 0 Å². The Hall–Kier alpha value is -1.59. The first-order valence-corrected chi connectivity index (χ1v) is 27.3. The second-order valence-electron chi connectivity index (χ2n) is 25.7. The lowest BCUT2D eigenvalue weighted by Gasteiger charge is -2.71. The summed E-state index contributed by atoms with van der Waals surface area (Å²) in [6, 6.07) is 0. The van der Waals surface area contributed by atoms with Crippen LogP contribution in [0.1, 0.15) is 113 Å². The maximum absolute atomic E-state index is 15.1. The molecule has 28 atom stereocenters. The van der Waals surface area contributed by atoms with Crippen molar-refractivity contribution in [2.75, 3.05) is 26.4 Å². The molecule has 0 aromatic heterocycles. The molecule has 22 nitrogen and oxygen atoms in total. The minimum Gasteiger partial charge on any atom is -0.432 e. The van der Waals surface area contributed by atoms with E-state index in [4.69, 9.17) is 37.9 Å². The Morgan fingerprint density at radius 3 is 1.95 bits per heavy atom. The van der Waals surface area contributed by atoms with Gasteiger partial charge < -0.3 is 104 Å². The normalized spacial score (nSPS) is 54.8. The van der Waals surface area contributed by atoms with Crippen molar-refractivity contribution < 1.29 is 109 Å². The van der Waals surface area contributed by atoms with Gasteiger partial charge in [-0.25, -0.2) is 0 Å². The number of carbonyl (C=O) groups is 1. The van der Waals surface area contributed by atoms with Crippen LogP contribution < -0.4 is 0 Å². The second kappa shape index (κ2) is 21.1. The minimum atomic E-state index is -1.86. The standard InChI is InChI=1S/C53H86O22/c1-23-32(57)36(61)40(65)44(70-23)74-42-33(58)26(56)20-68-46(42)73-31-11-12-50(5)29(48(31,2)3)10-13-52(7)30(50)9-8-24-25-18-49(4,22-55)14-16-53(25,17-15-51(24,52)6)47(67)75-45-41(66)38(63)35(60)28(72-45)21-69-43-39(64)37(62)34(59)27(19-54)71-43/h8,23,25-46,54-66H,9-22H2,1-7H3/t23-,25-,26-,27+,28+,29?,30?,31-,32-,33-,34+,35+,36+,37-,38-,39+,40+,41+,42+,43+,44-,45-,46-,49+,50-,51+,52+,53-/m0/s1. The number of hydrogen-bond donors (Lipinski definition) is 13. The molecule has 4 aliphatic heterocycles. The van der Waals surface area contributed by atoms with Gasteiger partial charge in [0.25, 0.3) is 0 Å². The van der Waals surface area contributed by atoms with E-state index in [1.54, 1.807) is 0 Å². The Labute approximate surface area is 437 Å². The van der Waals surface area contributed by atoms with E-state index >= 15 is 4.79 Å². The Kier molecular flexibility index (Phi) is 16.3. The fraction of sp³-hybridized carbons (Fsp3) is 0.943. The van der Waals surface area contributed by atoms with Crippen LogP contribution in [-0.2, 0) is 42.7 Å². The molecular formula is C53H86O22. The third-order valence-corrected chi connectivity index (χ3v) is 21.2. The number of ether oxygens (including phenoxy) is 8. The molecule has 75 heavy (non-hydrogen) atoms. The summed E-state index contributed by atoms with van der Waals surface area (Å²) in [7, 11) is 0. The first-order chi connectivity index (χ1) is 35.1. The van der Waals surface area contributed by atoms with E-state index in [-0.39, 0.29) is 53.3 Å². The van der Waals surface area contributed by atoms with Crippen molar-refractivity contribution in [1.82, 2.24) is 0 Å². The van der Waals surface area contributed by atoms with Gasteiger partial charge in [0, 0.05) is 6.61 Å². The molecule has 4 saturated carbocycles. The molecule has 9 rings (SSSR count). The quantitative estimate of drug-likeness (QED) is 0.0643. The maximum atomic E-state index is 15.1. The van der Waals surface area contributed by atoms with Crippen molar-refractivity contribution in [1.29, 1.82) is 0 Å². The van der Waals surface area contributed by atoms with E-state index in [9.17, 15) is 66.4 Å². The van der Waals surface area contributed by atoms with E-state index in [1.807, 2.05) is 6.92 Å². The third-order valence-electron chi connectivity index (χ3n) is 21.2. The van der Waals surface area contributed by atoms with Crippen molar-refractivity contribution in [3.63, 3.8) is 0 Å². The van der Waals surface area contributed by atoms with Crippen LogP contribution >= 0.6 is 0 Å². The molecule has 4 heterocycles. The Balaban J connectivity index is 0.930. The van der Waals surface area contributed by atoms with Gasteiger partial charge in [-0.15, -0.1) is 0 Å². The molecule has 13 N–H and O–H groups in total. The maximum Gasteiger partial charge on any atom is 0.315 e. The van der Waals surface area contributed by atoms with Crippen LogP contribution in [0.15, 0.2) is 11.6 Å². The summed E-state index contributed by atoms with van der Waals surface area (Å²) in [6.45, 7) is 13.5. The van der Waals surface area contributed by atoms with Gasteiger partial charge in [0.1, 0.15) is 85.5 Å². The number of hydrogen-bond acceptors (Lipinski definition) is 22. The first-order valence-electron chi connectivity index (χ1n) is 27.3. The number of aliphatic hydroxyl groups excluding tert-OH is 13. The van der Waals surface area contributed by atoms with E-state index < -0.39 is 152 Å². The van der Waals surface area contributed by atoms with Crippen LogP contribution in [0.3, 0.4) is 0 Å². The monoisotopic (exact) mass is 1070 g/mol. The minimum absolute atomic E-state index is 0.0949. The summed E-state index contributed by atoms with van der Waals surface area (Å²) < 4.78 is 47.7. The highest BCUT2D eigenvalue weighted by atomic mass is 16.8. The number of fused-ring (bicyclic) bond motifs is 7. The average molecular weight is 1080 g/mol. The van der Waals surface area contributed by atoms with Crippen LogP contribution in [0, 0.1) is 50.2 Å². The predicted molar refractivity (Wildman–Crippen MR) is 257 cm³/mol. The molecule has 430 valence electrons. The van der Waals surface area contributed by atoms with Crippen molar-refractivity contribution >= 4 is 5.97 Å². The molecule has 8 fully saturated rings. The second-order valence-corrected chi connectivity index (χ2v) is 25.7. The summed E-state index contributed by atoms with van der Waals surface area (Å²) in [5.74, 6) is -0.633. The molecule has 22 heteroatoms. The fourth-order valence-electron chi connectivity index (χ4n) is 16.1. The van der Waals surface area contributed by atoms with Crippen LogP contribution in [0.2, 0.25) is 0 Å². The van der Waals surface area contributed by atoms with E-state index in [0.717, 1.165) is 31.3 Å². The number of aliphatic hydroxyl groups is 13. The topological polar surface area (TPSA) is 354 Å². The summed E-state index contributed by atoms with van der Waals surface area (Å²) in [6.07, 6.45) is -20.6. The highest BCUT2D eigenvalue weighted by Crippen LogP contribution is 2.76. The number of carbonyl (C=O) groups excluding carboxylic acids is 1. The molecule has 0 aromatic rings. The van der Waals surface area contributed by atoms with Crippen molar-refractivity contribution in [3.8, 4) is 0 Å². The zero-order chi connectivity index (χ0) is 54.7. The summed E-state index contributed by atoms with van der Waals surface area (Å²) in [5, 5.41) is 138. The van der Waals surface area contributed by atoms with Gasteiger partial charge in [-0.2, -0.15) is 0 Å². The number of esters is 1. The van der Waals surface area contributed by atoms with Gasteiger partial charge in [-0.05, 0) is 116 Å². The summed E-state index contributed by atoms with van der Waals surface area (Å²) in [5.41, 5.74) is -1.72. The lowest BCUT2D eigenvalue weighted by atomic mass is 9.33. The van der Waals surface area contributed by atoms with Crippen LogP contribution in [0.5, 0.6) is 0 Å². The van der Waals surface area contributed by atoms with E-state index in [0.29, 0.717) is 38.5 Å². The van der Waals surface area contributed by atoms with Crippen LogP contribution in [-0.4, -0.2) is 222 Å². The lowest BCUT2D eigenvalue weighted by Crippen LogP contribution is -2.66. The van der Waals surface area contributed by atoms with Crippen molar-refractivity contribution in [3.05, 3.63) is 11.6 Å². The van der Waals surface area contributed by atoms with Gasteiger partial charge >= 0.3 is 5.97 Å². The SMILES string of the molecule is C[C@@H]1O[C@@H](O[C@H]2[C@H](O[C@H]3CC[C@@]4(C)C(CC[C@]5(C)C4CC=C4[C@@H]6C[C@](C)(CO)CC[C@]6(C(=O)O[C@@H]6O[C@H](CO[C@@H]7O[C@H](CO)[C@@H](O)[C@H](O)[C@H]7O)[C@@H](O)[C@H](O)[C@H]6O)CC[C@]45C)C3(C)C)OC[C@H](O)[C@@H]2O)[C@H](O)[C@H](O)[C@H]1O. The van der Waals surface area contributed by atoms with Gasteiger partial charge in [0.2, 0.25) is 6.29 Å². The van der Waals surface area contributed by atoms with Gasteiger partial charge in [0.15, 0.2) is 18.9 Å². The Morgan fingerprint density at radius 2 is 1.27 bits per heavy atom. The number of rotatable bonds is 11. The molecule has 0 amide bonds. The molecular weight excluding hydrogens is 989 g/mol. The molecule has 4 saturated heterocycles. The van der Waals surface area contributed by atoms with Crippen molar-refractivity contribution in [2.45, 2.75) is 235 Å². The molecule has 0 radical (unpaired) electrons. The van der Waals surface area contributed by atoms with Gasteiger partial charge in [-0.3, -0.25) is 4.79 Å². The fourth-order valence-corrected chi connectivity index (χ4v) is 16.1. The Morgan fingerprint density at radius 1 is 0.640 bits per heavy atom. The molecule has 0 aromatic carbocycles. The molecule has 5 aliphatic carbocycles. The van der Waals surface area contributed by atoms with E-state index in [2.05, 4.69) is 40.7 Å². The average Bonchev–Trinajstić information content (AvgIpc) is 3.37.